The summed E-state index contributed by atoms with van der Waals surface area (Å²) < 4.78 is 26.7. The van der Waals surface area contributed by atoms with Gasteiger partial charge in [-0.15, -0.1) is 0 Å². The quantitative estimate of drug-likeness (QED) is 0.851. The van der Waals surface area contributed by atoms with Crippen LogP contribution in [0.5, 0.6) is 0 Å². The van der Waals surface area contributed by atoms with Crippen LogP contribution in [-0.2, 0) is 0 Å². The lowest BCUT2D eigenvalue weighted by atomic mass is 10.1. The normalized spacial score (nSPS) is 12.4. The van der Waals surface area contributed by atoms with Gasteiger partial charge in [0, 0.05) is 10.9 Å². The van der Waals surface area contributed by atoms with E-state index in [1.54, 1.807) is 0 Å². The Morgan fingerprint density at radius 2 is 1.80 bits per heavy atom. The first kappa shape index (κ1) is 15.0. The van der Waals surface area contributed by atoms with E-state index in [-0.39, 0.29) is 6.04 Å². The predicted molar refractivity (Wildman–Crippen MR) is 79.0 cm³/mol. The van der Waals surface area contributed by atoms with Gasteiger partial charge < -0.3 is 5.32 Å². The number of hydrogen-bond donors (Lipinski definition) is 1. The molecule has 0 radical (unpaired) electrons. The van der Waals surface area contributed by atoms with Crippen LogP contribution in [0.25, 0.3) is 0 Å². The number of halogens is 2. The Balaban J connectivity index is 2.12. The molecule has 0 aliphatic carbocycles. The van der Waals surface area contributed by atoms with Crippen LogP contribution in [0.2, 0.25) is 0 Å². The first-order chi connectivity index (χ1) is 9.60. The summed E-state index contributed by atoms with van der Waals surface area (Å²) in [6, 6.07) is 11.6. The van der Waals surface area contributed by atoms with E-state index in [9.17, 15) is 8.78 Å². The molecule has 1 N–H and O–H groups in total. The van der Waals surface area contributed by atoms with E-state index >= 15 is 0 Å². The second kappa shape index (κ2) is 6.86. The molecule has 0 fully saturated rings. The fraction of sp³-hybridized carbons (Fsp3) is 0.250. The summed E-state index contributed by atoms with van der Waals surface area (Å²) in [6.07, 6.45) is 0. The monoisotopic (exact) mass is 293 g/mol. The Morgan fingerprint density at radius 3 is 2.45 bits per heavy atom. The first-order valence-electron chi connectivity index (χ1n) is 6.56. The number of nitrogens with one attached hydrogen (secondary N) is 1. The Hall–Kier alpha value is -1.39. The van der Waals surface area contributed by atoms with Gasteiger partial charge in [-0.1, -0.05) is 30.8 Å². The predicted octanol–water partition coefficient (Wildman–Crippen LogP) is 4.79. The summed E-state index contributed by atoms with van der Waals surface area (Å²) in [7, 11) is 0. The molecule has 2 rings (SSSR count). The molecular weight excluding hydrogens is 276 g/mol. The lowest BCUT2D eigenvalue weighted by Crippen LogP contribution is -2.17. The highest BCUT2D eigenvalue weighted by Gasteiger charge is 2.07. The van der Waals surface area contributed by atoms with Crippen molar-refractivity contribution < 1.29 is 8.78 Å². The van der Waals surface area contributed by atoms with Crippen LogP contribution in [0.4, 0.5) is 8.78 Å². The lowest BCUT2D eigenvalue weighted by molar-refractivity contribution is 0.577. The van der Waals surface area contributed by atoms with Crippen molar-refractivity contribution in [1.82, 2.24) is 5.32 Å². The zero-order valence-electron chi connectivity index (χ0n) is 11.5. The number of benzene rings is 2. The fourth-order valence-electron chi connectivity index (χ4n) is 1.93. The average Bonchev–Trinajstić information content (AvgIpc) is 2.44. The molecule has 4 heteroatoms. The van der Waals surface area contributed by atoms with Crippen LogP contribution in [0.15, 0.2) is 52.3 Å². The van der Waals surface area contributed by atoms with Gasteiger partial charge in [-0.05, 0) is 49.4 Å². The molecule has 0 saturated heterocycles. The molecular formula is C16H17F2NS. The van der Waals surface area contributed by atoms with Gasteiger partial charge in [0.25, 0.3) is 0 Å². The molecule has 1 unspecified atom stereocenters. The van der Waals surface area contributed by atoms with Crippen molar-refractivity contribution in [2.75, 3.05) is 6.54 Å². The summed E-state index contributed by atoms with van der Waals surface area (Å²) in [5.41, 5.74) is 1.18. The average molecular weight is 293 g/mol. The molecule has 0 heterocycles. The minimum Gasteiger partial charge on any atom is -0.310 e. The number of rotatable bonds is 5. The van der Waals surface area contributed by atoms with Gasteiger partial charge in [-0.2, -0.15) is 0 Å². The smallest absolute Gasteiger partial charge is 0.137 e. The van der Waals surface area contributed by atoms with Crippen LogP contribution >= 0.6 is 11.8 Å². The summed E-state index contributed by atoms with van der Waals surface area (Å²) in [4.78, 5) is 1.19. The molecule has 0 bridgehead atoms. The third-order valence-corrected chi connectivity index (χ3v) is 4.05. The van der Waals surface area contributed by atoms with Crippen LogP contribution < -0.4 is 5.32 Å². The van der Waals surface area contributed by atoms with E-state index in [1.165, 1.54) is 23.4 Å². The Bertz CT molecular complexity index is 569. The van der Waals surface area contributed by atoms with E-state index in [2.05, 4.69) is 19.2 Å². The molecule has 2 aromatic carbocycles. The maximum absolute atomic E-state index is 13.6. The van der Waals surface area contributed by atoms with Gasteiger partial charge in [0.1, 0.15) is 11.6 Å². The second-order valence-corrected chi connectivity index (χ2v) is 5.64. The Kier molecular flexibility index (Phi) is 5.15. The van der Waals surface area contributed by atoms with E-state index in [4.69, 9.17) is 0 Å². The topological polar surface area (TPSA) is 12.0 Å². The highest BCUT2D eigenvalue weighted by Crippen LogP contribution is 2.31. The van der Waals surface area contributed by atoms with Gasteiger partial charge in [0.15, 0.2) is 0 Å². The standard InChI is InChI=1S/C16H17F2NS/c1-3-19-11(2)12-4-7-14(8-5-12)20-16-10-13(17)6-9-15(16)18/h4-11,19H,3H2,1-2H3. The molecule has 0 aliphatic heterocycles. The zero-order chi connectivity index (χ0) is 14.5. The Labute approximate surface area is 122 Å². The largest absolute Gasteiger partial charge is 0.310 e. The molecule has 2 aromatic rings. The van der Waals surface area contributed by atoms with Crippen molar-refractivity contribution in [2.45, 2.75) is 29.7 Å². The first-order valence-corrected chi connectivity index (χ1v) is 7.38. The fourth-order valence-corrected chi connectivity index (χ4v) is 2.79. The number of hydrogen-bond acceptors (Lipinski definition) is 2. The molecule has 1 nitrogen and oxygen atoms in total. The van der Waals surface area contributed by atoms with Gasteiger partial charge in [-0.25, -0.2) is 8.78 Å². The molecule has 0 aliphatic rings. The highest BCUT2D eigenvalue weighted by atomic mass is 32.2. The summed E-state index contributed by atoms with van der Waals surface area (Å²) in [5.74, 6) is -0.826. The zero-order valence-corrected chi connectivity index (χ0v) is 12.3. The maximum atomic E-state index is 13.6. The summed E-state index contributed by atoms with van der Waals surface area (Å²) >= 11 is 1.23. The van der Waals surface area contributed by atoms with Crippen molar-refractivity contribution >= 4 is 11.8 Å². The minimum absolute atomic E-state index is 0.282. The van der Waals surface area contributed by atoms with Crippen molar-refractivity contribution in [3.05, 3.63) is 59.7 Å². The van der Waals surface area contributed by atoms with Crippen LogP contribution in [0.3, 0.4) is 0 Å². The molecule has 0 amide bonds. The third kappa shape index (κ3) is 3.81. The summed E-state index contributed by atoms with van der Waals surface area (Å²) in [5, 5.41) is 3.33. The molecule has 20 heavy (non-hydrogen) atoms. The molecule has 106 valence electrons. The van der Waals surface area contributed by atoms with Crippen molar-refractivity contribution in [2.24, 2.45) is 0 Å². The van der Waals surface area contributed by atoms with Crippen LogP contribution in [0, 0.1) is 11.6 Å². The van der Waals surface area contributed by atoms with Gasteiger partial charge in [0.05, 0.1) is 4.90 Å². The minimum atomic E-state index is -0.425. The van der Waals surface area contributed by atoms with E-state index in [1.807, 2.05) is 24.3 Å². The summed E-state index contributed by atoms with van der Waals surface area (Å²) in [6.45, 7) is 5.07. The van der Waals surface area contributed by atoms with E-state index in [0.717, 1.165) is 23.6 Å². The van der Waals surface area contributed by atoms with Crippen molar-refractivity contribution in [1.29, 1.82) is 0 Å². The third-order valence-electron chi connectivity index (χ3n) is 3.01. The lowest BCUT2D eigenvalue weighted by Gasteiger charge is -2.13. The van der Waals surface area contributed by atoms with Gasteiger partial charge in [0.2, 0.25) is 0 Å². The Morgan fingerprint density at radius 1 is 1.10 bits per heavy atom. The highest BCUT2D eigenvalue weighted by molar-refractivity contribution is 7.99. The van der Waals surface area contributed by atoms with E-state index < -0.39 is 11.6 Å². The SMILES string of the molecule is CCNC(C)c1ccc(Sc2cc(F)ccc2F)cc1. The van der Waals surface area contributed by atoms with Crippen LogP contribution in [-0.4, -0.2) is 6.54 Å². The second-order valence-electron chi connectivity index (χ2n) is 4.53. The van der Waals surface area contributed by atoms with Crippen molar-refractivity contribution in [3.63, 3.8) is 0 Å². The van der Waals surface area contributed by atoms with Gasteiger partial charge >= 0.3 is 0 Å². The van der Waals surface area contributed by atoms with Crippen LogP contribution in [0.1, 0.15) is 25.5 Å². The van der Waals surface area contributed by atoms with E-state index in [0.29, 0.717) is 4.90 Å². The molecule has 0 saturated carbocycles. The molecule has 0 aromatic heterocycles. The molecule has 1 atom stereocenters. The maximum Gasteiger partial charge on any atom is 0.137 e. The van der Waals surface area contributed by atoms with Crippen molar-refractivity contribution in [3.8, 4) is 0 Å². The van der Waals surface area contributed by atoms with Gasteiger partial charge in [-0.3, -0.25) is 0 Å². The molecule has 0 spiro atoms.